The molecule has 0 aromatic carbocycles. The second-order valence-electron chi connectivity index (χ2n) is 1.77. The molecule has 0 saturated heterocycles. The van der Waals surface area contributed by atoms with Gasteiger partial charge in [-0.3, -0.25) is 0 Å². The van der Waals surface area contributed by atoms with Crippen LogP contribution in [-0.4, -0.2) is 28.9 Å². The van der Waals surface area contributed by atoms with Gasteiger partial charge in [0.25, 0.3) is 0 Å². The van der Waals surface area contributed by atoms with Crippen molar-refractivity contribution in [2.24, 2.45) is 0 Å². The van der Waals surface area contributed by atoms with Gasteiger partial charge in [-0.15, -0.1) is 0 Å². The topological polar surface area (TPSA) is 9.23 Å². The molecule has 0 rings (SSSR count). The molecular weight excluding hydrogens is 340 g/mol. The van der Waals surface area contributed by atoms with Crippen LogP contribution in [0.25, 0.3) is 0 Å². The molecule has 1 nitrogen and oxygen atoms in total. The maximum Gasteiger partial charge on any atom is 1.00 e. The zero-order valence-electron chi connectivity index (χ0n) is 9.38. The van der Waals surface area contributed by atoms with Crippen LogP contribution in [-0.2, 0) is 4.74 Å². The number of hydrogen-bond acceptors (Lipinski definition) is 1. The Hall–Kier alpha value is 0.951. The van der Waals surface area contributed by atoms with Crippen LogP contribution >= 0.6 is 0 Å². The molecule has 0 amide bonds. The van der Waals surface area contributed by atoms with Crippen molar-refractivity contribution in [3.05, 3.63) is 7.11 Å². The summed E-state index contributed by atoms with van der Waals surface area (Å²) >= 11 is 0. The summed E-state index contributed by atoms with van der Waals surface area (Å²) in [6, 6.07) is 0. The van der Waals surface area contributed by atoms with Gasteiger partial charge in [-0.25, -0.2) is 7.11 Å². The van der Waals surface area contributed by atoms with E-state index >= 15 is 0 Å². The average molecular weight is 345 g/mol. The largest absolute Gasteiger partial charge is 1.00 e. The van der Waals surface area contributed by atoms with E-state index in [1.807, 2.05) is 0 Å². The van der Waals surface area contributed by atoms with Gasteiger partial charge in [0.15, 0.2) is 0 Å². The molecule has 0 N–H and O–H groups in total. The molecule has 0 atom stereocenters. The third-order valence-electron chi connectivity index (χ3n) is 0. The van der Waals surface area contributed by atoms with E-state index in [2.05, 4.69) is 11.8 Å². The molecule has 19 heavy (non-hydrogen) atoms. The second kappa shape index (κ2) is 15.3. The summed E-state index contributed by atoms with van der Waals surface area (Å²) in [7, 11) is -13.5. The van der Waals surface area contributed by atoms with Crippen LogP contribution in [0.15, 0.2) is 0 Å². The van der Waals surface area contributed by atoms with E-state index in [1.54, 1.807) is 0 Å². The Morgan fingerprint density at radius 2 is 0.579 bits per heavy atom. The Kier molecular flexibility index (Phi) is 25.9. The third kappa shape index (κ3) is 6020. The second-order valence-corrected chi connectivity index (χ2v) is 1.77. The minimum atomic E-state index is -6.00. The fourth-order valence-electron chi connectivity index (χ4n) is 0. The summed E-state index contributed by atoms with van der Waals surface area (Å²) < 4.78 is 121. The van der Waals surface area contributed by atoms with Gasteiger partial charge in [-0.2, -0.15) is 0 Å². The van der Waals surface area contributed by atoms with Crippen LogP contribution in [0.2, 0.25) is 0 Å². The van der Waals surface area contributed by atoms with Crippen molar-refractivity contribution in [1.82, 2.24) is 0 Å². The quantitative estimate of drug-likeness (QED) is 0.366. The summed E-state index contributed by atoms with van der Waals surface area (Å²) in [4.78, 5) is 0. The molecule has 0 bridgehead atoms. The molecule has 0 saturated carbocycles. The molecule has 0 aromatic heterocycles. The van der Waals surface area contributed by atoms with Gasteiger partial charge in [0.1, 0.15) is 0 Å². The zero-order chi connectivity index (χ0) is 16.2. The summed E-state index contributed by atoms with van der Waals surface area (Å²) in [6.45, 7) is 0. The molecule has 0 heterocycles. The molecule has 0 radical (unpaired) electrons. The Labute approximate surface area is 143 Å². The van der Waals surface area contributed by atoms with E-state index in [9.17, 15) is 51.8 Å². The molecule has 0 spiro atoms. The number of halogens is 12. The van der Waals surface area contributed by atoms with Crippen molar-refractivity contribution in [3.8, 4) is 0 Å². The molecule has 0 aliphatic heterocycles. The predicted molar refractivity (Wildman–Crippen MR) is 42.9 cm³/mol. The summed E-state index contributed by atoms with van der Waals surface area (Å²) in [5.41, 5.74) is 0. The van der Waals surface area contributed by atoms with E-state index in [0.717, 1.165) is 0 Å². The van der Waals surface area contributed by atoms with Crippen molar-refractivity contribution in [3.63, 3.8) is 0 Å². The molecule has 0 aliphatic carbocycles. The van der Waals surface area contributed by atoms with Gasteiger partial charge in [0, 0.05) is 0 Å². The van der Waals surface area contributed by atoms with Gasteiger partial charge < -0.3 is 56.5 Å². The Balaban J connectivity index is -0.0000000458. The van der Waals surface area contributed by atoms with E-state index in [4.69, 9.17) is 0 Å². The fraction of sp³-hybridized carbons (Fsp3) is 0.500. The normalized spacial score (nSPS) is 10.4. The summed E-state index contributed by atoms with van der Waals surface area (Å²) in [5, 5.41) is 0. The third-order valence-corrected chi connectivity index (χ3v) is 0. The molecule has 116 valence electrons. The van der Waals surface area contributed by atoms with Crippen LogP contribution in [0.3, 0.4) is 0 Å². The van der Waals surface area contributed by atoms with Crippen molar-refractivity contribution < 1.29 is 108 Å². The minimum Gasteiger partial charge on any atom is -0.557 e. The van der Waals surface area contributed by atoms with Crippen LogP contribution in [0.5, 0.6) is 0 Å². The minimum absolute atomic E-state index is 0. The van der Waals surface area contributed by atoms with Gasteiger partial charge in [-0.1, -0.05) is 0 Å². The Bertz CT molecular complexity index is 117. The summed E-state index contributed by atoms with van der Waals surface area (Å²) in [6.07, 6.45) is 0. The number of rotatable bonds is 0. The molecule has 17 heteroatoms. The van der Waals surface area contributed by atoms with Gasteiger partial charge in [-0.05, 0) is 7.11 Å². The van der Waals surface area contributed by atoms with Crippen LogP contribution in [0.4, 0.5) is 51.8 Å². The smallest absolute Gasteiger partial charge is 0.557 e. The van der Waals surface area contributed by atoms with E-state index in [-0.39, 0.29) is 51.4 Å². The monoisotopic (exact) mass is 345 g/mol. The molecule has 0 fully saturated rings. The van der Waals surface area contributed by atoms with E-state index in [1.165, 1.54) is 7.11 Å². The standard InChI is InChI=1S/C2H5O.3BF4.K/c1-3-2;3*2-1(3,4)5;/h1H2,2H3;;;;/q4*-1;+1. The van der Waals surface area contributed by atoms with Crippen LogP contribution in [0, 0.1) is 7.11 Å². The van der Waals surface area contributed by atoms with Crippen molar-refractivity contribution in [1.29, 1.82) is 0 Å². The average Bonchev–Trinajstić information content (AvgIpc) is 1.71. The molecule has 0 aliphatic rings. The first kappa shape index (κ1) is 32.1. The van der Waals surface area contributed by atoms with Crippen LogP contribution < -0.4 is 51.4 Å². The van der Waals surface area contributed by atoms with Crippen LogP contribution in [0.1, 0.15) is 0 Å². The molecule has 0 aromatic rings. The molecular formula is C2H5B3F12KO-3. The van der Waals surface area contributed by atoms with Gasteiger partial charge in [0.2, 0.25) is 0 Å². The van der Waals surface area contributed by atoms with E-state index in [0.29, 0.717) is 0 Å². The van der Waals surface area contributed by atoms with Crippen molar-refractivity contribution in [2.75, 3.05) is 7.11 Å². The van der Waals surface area contributed by atoms with Crippen molar-refractivity contribution in [2.45, 2.75) is 0 Å². The molecule has 0 unspecified atom stereocenters. The Morgan fingerprint density at radius 1 is 0.579 bits per heavy atom. The number of hydrogen-bond donors (Lipinski definition) is 0. The predicted octanol–water partition coefficient (Wildman–Crippen LogP) is 1.33. The maximum absolute atomic E-state index is 9.75. The summed E-state index contributed by atoms with van der Waals surface area (Å²) in [5.74, 6) is 0. The zero-order valence-corrected chi connectivity index (χ0v) is 12.5. The Morgan fingerprint density at radius 3 is 0.579 bits per heavy atom. The number of methoxy groups -OCH3 is 1. The first-order chi connectivity index (χ1) is 7.41. The maximum atomic E-state index is 9.75. The SMILES string of the molecule is F[B-](F)(F)F.F[B-](F)(F)F.F[B-](F)(F)F.[CH2-]OC.[K+]. The van der Waals surface area contributed by atoms with Gasteiger partial charge in [0.05, 0.1) is 0 Å². The first-order valence-corrected chi connectivity index (χ1v) is 3.32. The first-order valence-electron chi connectivity index (χ1n) is 3.32. The van der Waals surface area contributed by atoms with Gasteiger partial charge >= 0.3 is 73.1 Å². The fourth-order valence-corrected chi connectivity index (χ4v) is 0. The van der Waals surface area contributed by atoms with Crippen molar-refractivity contribution >= 4 is 21.8 Å². The van der Waals surface area contributed by atoms with E-state index < -0.39 is 21.8 Å². The number of ether oxygens (including phenoxy) is 1.